The number of piperidine rings is 1. The second kappa shape index (κ2) is 7.96. The van der Waals surface area contributed by atoms with Crippen LogP contribution >= 0.6 is 0 Å². The number of anilines is 1. The third-order valence-electron chi connectivity index (χ3n) is 5.47. The van der Waals surface area contributed by atoms with E-state index in [0.29, 0.717) is 6.54 Å². The van der Waals surface area contributed by atoms with Crippen LogP contribution in [-0.2, 0) is 22.4 Å². The van der Waals surface area contributed by atoms with Gasteiger partial charge in [-0.05, 0) is 32.1 Å². The van der Waals surface area contributed by atoms with Crippen molar-refractivity contribution in [1.82, 2.24) is 15.3 Å². The first kappa shape index (κ1) is 18.4. The average Bonchev–Trinajstić information content (AvgIpc) is 3.20. The molecule has 2 aromatic rings. The van der Waals surface area contributed by atoms with Gasteiger partial charge < -0.3 is 16.0 Å². The van der Waals surface area contributed by atoms with Crippen molar-refractivity contribution in [3.05, 3.63) is 41.6 Å². The number of hydrogen-bond acceptors (Lipinski definition) is 5. The molecule has 7 nitrogen and oxygen atoms in total. The SMILES string of the molecule is NC(=O)CNC(=O)[C@H]1CCCN(c2nc(-c3ccccc3)nc3c2CCC3)C1. The van der Waals surface area contributed by atoms with E-state index in [1.54, 1.807) is 0 Å². The van der Waals surface area contributed by atoms with Gasteiger partial charge in [0, 0.05) is 29.9 Å². The Morgan fingerprint density at radius 2 is 1.96 bits per heavy atom. The number of nitrogens with two attached hydrogens (primary N) is 1. The maximum atomic E-state index is 12.4. The van der Waals surface area contributed by atoms with Gasteiger partial charge in [0.25, 0.3) is 0 Å². The second-order valence-electron chi connectivity index (χ2n) is 7.48. The van der Waals surface area contributed by atoms with Crippen LogP contribution in [0, 0.1) is 5.92 Å². The zero-order valence-electron chi connectivity index (χ0n) is 15.9. The first-order valence-electron chi connectivity index (χ1n) is 9.88. The number of primary amides is 1. The van der Waals surface area contributed by atoms with Gasteiger partial charge in [-0.2, -0.15) is 0 Å². The van der Waals surface area contributed by atoms with E-state index in [0.717, 1.165) is 61.5 Å². The topological polar surface area (TPSA) is 101 Å². The van der Waals surface area contributed by atoms with Crippen LogP contribution < -0.4 is 16.0 Å². The molecule has 1 aliphatic heterocycles. The molecule has 0 saturated carbocycles. The lowest BCUT2D eigenvalue weighted by Gasteiger charge is -2.34. The lowest BCUT2D eigenvalue weighted by atomic mass is 9.96. The highest BCUT2D eigenvalue weighted by molar-refractivity contribution is 5.85. The molecule has 1 aromatic carbocycles. The predicted octanol–water partition coefficient (Wildman–Crippen LogP) is 1.45. The molecule has 1 fully saturated rings. The smallest absolute Gasteiger partial charge is 0.236 e. The predicted molar refractivity (Wildman–Crippen MR) is 107 cm³/mol. The Morgan fingerprint density at radius 1 is 1.14 bits per heavy atom. The molecule has 1 aliphatic carbocycles. The monoisotopic (exact) mass is 379 g/mol. The van der Waals surface area contributed by atoms with Crippen molar-refractivity contribution in [2.75, 3.05) is 24.5 Å². The van der Waals surface area contributed by atoms with Crippen molar-refractivity contribution < 1.29 is 9.59 Å². The number of fused-ring (bicyclic) bond motifs is 1. The summed E-state index contributed by atoms with van der Waals surface area (Å²) in [5, 5.41) is 2.64. The van der Waals surface area contributed by atoms with Crippen LogP contribution in [0.25, 0.3) is 11.4 Å². The molecule has 1 aromatic heterocycles. The van der Waals surface area contributed by atoms with Crippen LogP contribution in [0.5, 0.6) is 0 Å². The Balaban J connectivity index is 1.60. The largest absolute Gasteiger partial charge is 0.368 e. The van der Waals surface area contributed by atoms with Gasteiger partial charge in [0.15, 0.2) is 5.82 Å². The van der Waals surface area contributed by atoms with Crippen molar-refractivity contribution >= 4 is 17.6 Å². The standard InChI is InChI=1S/C21H25N5O2/c22-18(27)12-23-21(28)15-8-5-11-26(13-15)20-16-9-4-10-17(16)24-19(25-20)14-6-2-1-3-7-14/h1-3,6-7,15H,4-5,8-13H2,(H2,22,27)(H,23,28)/t15-/m0/s1. The lowest BCUT2D eigenvalue weighted by Crippen LogP contribution is -2.45. The van der Waals surface area contributed by atoms with Crippen molar-refractivity contribution in [1.29, 1.82) is 0 Å². The van der Waals surface area contributed by atoms with Crippen LogP contribution in [0.15, 0.2) is 30.3 Å². The van der Waals surface area contributed by atoms with Crippen LogP contribution in [0.1, 0.15) is 30.5 Å². The number of aryl methyl sites for hydroxylation is 1. The molecule has 2 heterocycles. The number of hydrogen-bond donors (Lipinski definition) is 2. The minimum Gasteiger partial charge on any atom is -0.368 e. The number of carbonyl (C=O) groups is 2. The molecule has 2 aliphatic rings. The first-order chi connectivity index (χ1) is 13.6. The molecule has 0 radical (unpaired) electrons. The van der Waals surface area contributed by atoms with E-state index < -0.39 is 5.91 Å². The summed E-state index contributed by atoms with van der Waals surface area (Å²) >= 11 is 0. The summed E-state index contributed by atoms with van der Waals surface area (Å²) in [6.07, 6.45) is 4.76. The van der Waals surface area contributed by atoms with Gasteiger partial charge in [-0.1, -0.05) is 30.3 Å². The van der Waals surface area contributed by atoms with E-state index in [9.17, 15) is 9.59 Å². The third-order valence-corrected chi connectivity index (χ3v) is 5.47. The van der Waals surface area contributed by atoms with E-state index in [1.807, 2.05) is 30.3 Å². The molecular formula is C21H25N5O2. The number of benzene rings is 1. The molecule has 0 unspecified atom stereocenters. The van der Waals surface area contributed by atoms with Crippen molar-refractivity contribution in [2.45, 2.75) is 32.1 Å². The number of aromatic nitrogens is 2. The van der Waals surface area contributed by atoms with Crippen LogP contribution in [0.3, 0.4) is 0 Å². The zero-order chi connectivity index (χ0) is 19.5. The first-order valence-corrected chi connectivity index (χ1v) is 9.88. The molecule has 7 heteroatoms. The van der Waals surface area contributed by atoms with Gasteiger partial charge in [0.2, 0.25) is 11.8 Å². The van der Waals surface area contributed by atoms with E-state index in [4.69, 9.17) is 15.7 Å². The Morgan fingerprint density at radius 3 is 2.75 bits per heavy atom. The molecule has 28 heavy (non-hydrogen) atoms. The second-order valence-corrected chi connectivity index (χ2v) is 7.48. The highest BCUT2D eigenvalue weighted by Crippen LogP contribution is 2.33. The third kappa shape index (κ3) is 3.83. The minimum absolute atomic E-state index is 0.113. The van der Waals surface area contributed by atoms with Crippen LogP contribution in [0.2, 0.25) is 0 Å². The number of nitrogens with one attached hydrogen (secondary N) is 1. The van der Waals surface area contributed by atoms with Gasteiger partial charge in [-0.15, -0.1) is 0 Å². The Hall–Kier alpha value is -2.96. The number of amides is 2. The maximum Gasteiger partial charge on any atom is 0.236 e. The summed E-state index contributed by atoms with van der Waals surface area (Å²) in [6, 6.07) is 10.0. The molecule has 3 N–H and O–H groups in total. The Bertz CT molecular complexity index is 884. The fourth-order valence-corrected chi connectivity index (χ4v) is 4.09. The van der Waals surface area contributed by atoms with E-state index in [2.05, 4.69) is 10.2 Å². The number of carbonyl (C=O) groups excluding carboxylic acids is 2. The molecule has 0 spiro atoms. The quantitative estimate of drug-likeness (QED) is 0.819. The van der Waals surface area contributed by atoms with E-state index >= 15 is 0 Å². The van der Waals surface area contributed by atoms with Crippen LogP contribution in [0.4, 0.5) is 5.82 Å². The fraction of sp³-hybridized carbons (Fsp3) is 0.429. The van der Waals surface area contributed by atoms with E-state index in [1.165, 1.54) is 5.56 Å². The average molecular weight is 379 g/mol. The highest BCUT2D eigenvalue weighted by atomic mass is 16.2. The van der Waals surface area contributed by atoms with Crippen molar-refractivity contribution in [2.24, 2.45) is 11.7 Å². The normalized spacial score (nSPS) is 18.6. The molecular weight excluding hydrogens is 354 g/mol. The molecule has 4 rings (SSSR count). The summed E-state index contributed by atoms with van der Waals surface area (Å²) in [7, 11) is 0. The summed E-state index contributed by atoms with van der Waals surface area (Å²) in [5.74, 6) is 0.908. The number of rotatable bonds is 5. The van der Waals surface area contributed by atoms with Gasteiger partial charge >= 0.3 is 0 Å². The Labute approximate surface area is 164 Å². The van der Waals surface area contributed by atoms with E-state index in [-0.39, 0.29) is 18.4 Å². The Kier molecular flexibility index (Phi) is 5.23. The van der Waals surface area contributed by atoms with Gasteiger partial charge in [0.1, 0.15) is 5.82 Å². The molecule has 146 valence electrons. The summed E-state index contributed by atoms with van der Waals surface area (Å²) < 4.78 is 0. The van der Waals surface area contributed by atoms with Gasteiger partial charge in [0.05, 0.1) is 12.5 Å². The van der Waals surface area contributed by atoms with Crippen molar-refractivity contribution in [3.63, 3.8) is 0 Å². The molecule has 1 saturated heterocycles. The molecule has 2 amide bonds. The minimum atomic E-state index is -0.526. The van der Waals surface area contributed by atoms with Gasteiger partial charge in [-0.3, -0.25) is 9.59 Å². The van der Waals surface area contributed by atoms with Crippen LogP contribution in [-0.4, -0.2) is 41.4 Å². The summed E-state index contributed by atoms with van der Waals surface area (Å²) in [5.41, 5.74) is 8.50. The van der Waals surface area contributed by atoms with Crippen molar-refractivity contribution in [3.8, 4) is 11.4 Å². The van der Waals surface area contributed by atoms with Gasteiger partial charge in [-0.25, -0.2) is 9.97 Å². The zero-order valence-corrected chi connectivity index (χ0v) is 15.9. The lowest BCUT2D eigenvalue weighted by molar-refractivity contribution is -0.127. The highest BCUT2D eigenvalue weighted by Gasteiger charge is 2.30. The molecule has 1 atom stereocenters. The number of nitrogens with zero attached hydrogens (tertiary/aromatic N) is 3. The fourth-order valence-electron chi connectivity index (χ4n) is 4.09. The maximum absolute atomic E-state index is 12.4. The summed E-state index contributed by atoms with van der Waals surface area (Å²) in [4.78, 5) is 35.3. The summed E-state index contributed by atoms with van der Waals surface area (Å²) in [6.45, 7) is 1.36. The molecule has 0 bridgehead atoms.